The van der Waals surface area contributed by atoms with Crippen LogP contribution in [0.2, 0.25) is 0 Å². The summed E-state index contributed by atoms with van der Waals surface area (Å²) < 4.78 is 42.3. The highest BCUT2D eigenvalue weighted by Crippen LogP contribution is 2.32. The van der Waals surface area contributed by atoms with Gasteiger partial charge in [-0.05, 0) is 93.3 Å². The van der Waals surface area contributed by atoms with Crippen molar-refractivity contribution in [3.05, 3.63) is 95.9 Å². The molecule has 0 radical (unpaired) electrons. The standard InChI is InChI=1S/C34H41F3N4/c1-39(30-12-4-2-5-13-30)21-8-3-9-22-40(24-27-17-19-38-20-18-27)25-28-26-41(33-16-7-6-15-32(28)33)31-14-10-11-29(23-31)34(35,36)37/h6-7,10-11,14-20,23,26,30H,2-5,8-9,12-13,21-22,24-25H2,1H3. The molecule has 1 fully saturated rings. The van der Waals surface area contributed by atoms with Crippen molar-refractivity contribution >= 4 is 10.9 Å². The molecule has 0 bridgehead atoms. The molecular formula is C34H41F3N4. The highest BCUT2D eigenvalue weighted by molar-refractivity contribution is 5.85. The Morgan fingerprint density at radius 1 is 0.854 bits per heavy atom. The molecule has 218 valence electrons. The third-order valence-electron chi connectivity index (χ3n) is 8.48. The Morgan fingerprint density at radius 2 is 1.61 bits per heavy atom. The van der Waals surface area contributed by atoms with Gasteiger partial charge >= 0.3 is 6.18 Å². The van der Waals surface area contributed by atoms with Gasteiger partial charge in [0.1, 0.15) is 0 Å². The van der Waals surface area contributed by atoms with Gasteiger partial charge in [0.15, 0.2) is 0 Å². The Kier molecular flexibility index (Phi) is 9.78. The van der Waals surface area contributed by atoms with Crippen molar-refractivity contribution in [2.75, 3.05) is 20.1 Å². The Labute approximate surface area is 241 Å². The van der Waals surface area contributed by atoms with Crippen LogP contribution in [0.25, 0.3) is 16.6 Å². The molecule has 5 rings (SSSR count). The molecule has 1 aliphatic carbocycles. The lowest BCUT2D eigenvalue weighted by Gasteiger charge is -2.31. The number of halogens is 3. The number of hydrogen-bond acceptors (Lipinski definition) is 3. The van der Waals surface area contributed by atoms with Gasteiger partial charge in [0.2, 0.25) is 0 Å². The number of fused-ring (bicyclic) bond motifs is 1. The van der Waals surface area contributed by atoms with Crippen molar-refractivity contribution < 1.29 is 13.2 Å². The number of alkyl halides is 3. The zero-order valence-corrected chi connectivity index (χ0v) is 24.0. The van der Waals surface area contributed by atoms with Crippen LogP contribution in [-0.4, -0.2) is 45.5 Å². The minimum atomic E-state index is -4.38. The van der Waals surface area contributed by atoms with Crippen molar-refractivity contribution in [1.29, 1.82) is 0 Å². The maximum atomic E-state index is 13.5. The van der Waals surface area contributed by atoms with Crippen LogP contribution in [0.5, 0.6) is 0 Å². The van der Waals surface area contributed by atoms with Crippen molar-refractivity contribution in [3.8, 4) is 5.69 Å². The molecule has 41 heavy (non-hydrogen) atoms. The molecule has 4 aromatic rings. The first-order valence-corrected chi connectivity index (χ1v) is 15.0. The molecule has 1 aliphatic rings. The van der Waals surface area contributed by atoms with Gasteiger partial charge in [0, 0.05) is 48.8 Å². The minimum Gasteiger partial charge on any atom is -0.316 e. The first kappa shape index (κ1) is 29.3. The van der Waals surface area contributed by atoms with Crippen LogP contribution in [0.15, 0.2) is 79.3 Å². The molecule has 0 aliphatic heterocycles. The molecule has 0 unspecified atom stereocenters. The van der Waals surface area contributed by atoms with Gasteiger partial charge in [-0.3, -0.25) is 9.88 Å². The zero-order valence-electron chi connectivity index (χ0n) is 24.0. The third kappa shape index (κ3) is 7.77. The number of hydrogen-bond donors (Lipinski definition) is 0. The summed E-state index contributed by atoms with van der Waals surface area (Å²) in [5.41, 5.74) is 3.12. The van der Waals surface area contributed by atoms with E-state index >= 15 is 0 Å². The number of benzene rings is 2. The van der Waals surface area contributed by atoms with E-state index in [-0.39, 0.29) is 0 Å². The third-order valence-corrected chi connectivity index (χ3v) is 8.48. The van der Waals surface area contributed by atoms with Gasteiger partial charge in [-0.15, -0.1) is 0 Å². The second-order valence-electron chi connectivity index (χ2n) is 11.5. The molecule has 0 N–H and O–H groups in total. The fourth-order valence-electron chi connectivity index (χ4n) is 6.20. The molecular weight excluding hydrogens is 521 g/mol. The number of aromatic nitrogens is 2. The summed E-state index contributed by atoms with van der Waals surface area (Å²) in [6.45, 7) is 3.63. The lowest BCUT2D eigenvalue weighted by molar-refractivity contribution is -0.137. The highest BCUT2D eigenvalue weighted by Gasteiger charge is 2.30. The summed E-state index contributed by atoms with van der Waals surface area (Å²) >= 11 is 0. The monoisotopic (exact) mass is 562 g/mol. The van der Waals surface area contributed by atoms with Crippen LogP contribution in [-0.2, 0) is 19.3 Å². The molecule has 0 saturated heterocycles. The van der Waals surface area contributed by atoms with E-state index in [1.54, 1.807) is 6.07 Å². The number of para-hydroxylation sites is 1. The smallest absolute Gasteiger partial charge is 0.316 e. The van der Waals surface area contributed by atoms with Crippen molar-refractivity contribution in [3.63, 3.8) is 0 Å². The number of rotatable bonds is 12. The zero-order chi connectivity index (χ0) is 28.7. The second kappa shape index (κ2) is 13.7. The predicted molar refractivity (Wildman–Crippen MR) is 160 cm³/mol. The number of unbranched alkanes of at least 4 members (excludes halogenated alkanes) is 2. The average molecular weight is 563 g/mol. The largest absolute Gasteiger partial charge is 0.416 e. The Hall–Kier alpha value is -3.16. The van der Waals surface area contributed by atoms with E-state index in [0.717, 1.165) is 61.2 Å². The van der Waals surface area contributed by atoms with E-state index in [4.69, 9.17) is 0 Å². The summed E-state index contributed by atoms with van der Waals surface area (Å²) in [7, 11) is 2.28. The van der Waals surface area contributed by atoms with Crippen LogP contribution in [0, 0.1) is 0 Å². The Bertz CT molecular complexity index is 1380. The summed E-state index contributed by atoms with van der Waals surface area (Å²) in [4.78, 5) is 9.20. The van der Waals surface area contributed by atoms with Gasteiger partial charge in [0.25, 0.3) is 0 Å². The Balaban J connectivity index is 1.30. The van der Waals surface area contributed by atoms with Gasteiger partial charge < -0.3 is 9.47 Å². The highest BCUT2D eigenvalue weighted by atomic mass is 19.4. The molecule has 1 saturated carbocycles. The fourth-order valence-corrected chi connectivity index (χ4v) is 6.20. The first-order valence-electron chi connectivity index (χ1n) is 15.0. The summed E-state index contributed by atoms with van der Waals surface area (Å²) in [6, 6.07) is 18.4. The summed E-state index contributed by atoms with van der Waals surface area (Å²) in [6.07, 6.45) is 11.6. The summed E-state index contributed by atoms with van der Waals surface area (Å²) in [5.74, 6) is 0. The second-order valence-corrected chi connectivity index (χ2v) is 11.5. The van der Waals surface area contributed by atoms with E-state index in [0.29, 0.717) is 5.69 Å². The van der Waals surface area contributed by atoms with Crippen LogP contribution < -0.4 is 0 Å². The van der Waals surface area contributed by atoms with E-state index < -0.39 is 11.7 Å². The number of nitrogens with zero attached hydrogens (tertiary/aromatic N) is 4. The number of pyridine rings is 1. The molecule has 0 amide bonds. The van der Waals surface area contributed by atoms with E-state index in [1.807, 2.05) is 41.4 Å². The van der Waals surface area contributed by atoms with Gasteiger partial charge in [0.05, 0.1) is 11.1 Å². The van der Waals surface area contributed by atoms with Crippen molar-refractivity contribution in [1.82, 2.24) is 19.4 Å². The summed E-state index contributed by atoms with van der Waals surface area (Å²) in [5, 5.41) is 1.07. The van der Waals surface area contributed by atoms with E-state index in [1.165, 1.54) is 62.6 Å². The normalized spacial score (nSPS) is 14.9. The quantitative estimate of drug-likeness (QED) is 0.162. The predicted octanol–water partition coefficient (Wildman–Crippen LogP) is 8.48. The topological polar surface area (TPSA) is 24.3 Å². The van der Waals surface area contributed by atoms with Crippen LogP contribution in [0.1, 0.15) is 68.1 Å². The van der Waals surface area contributed by atoms with Crippen molar-refractivity contribution in [2.24, 2.45) is 0 Å². The molecule has 0 atom stereocenters. The molecule has 2 heterocycles. The SMILES string of the molecule is CN(CCCCCN(Cc1ccncc1)Cc1cn(-c2cccc(C(F)(F)F)c2)c2ccccc12)C1CCCCC1. The fraction of sp³-hybridized carbons (Fsp3) is 0.441. The van der Waals surface area contributed by atoms with E-state index in [9.17, 15) is 13.2 Å². The van der Waals surface area contributed by atoms with Gasteiger partial charge in [-0.1, -0.05) is 49.9 Å². The first-order chi connectivity index (χ1) is 19.9. The molecule has 0 spiro atoms. The molecule has 7 heteroatoms. The Morgan fingerprint density at radius 3 is 2.39 bits per heavy atom. The van der Waals surface area contributed by atoms with Crippen LogP contribution in [0.4, 0.5) is 13.2 Å². The molecule has 2 aromatic heterocycles. The lowest BCUT2D eigenvalue weighted by atomic mass is 9.94. The van der Waals surface area contributed by atoms with Gasteiger partial charge in [-0.25, -0.2) is 0 Å². The minimum absolute atomic E-state index is 0.519. The van der Waals surface area contributed by atoms with Crippen LogP contribution in [0.3, 0.4) is 0 Å². The molecule has 4 nitrogen and oxygen atoms in total. The maximum Gasteiger partial charge on any atom is 0.416 e. The van der Waals surface area contributed by atoms with Gasteiger partial charge in [-0.2, -0.15) is 13.2 Å². The van der Waals surface area contributed by atoms with Crippen LogP contribution >= 0.6 is 0 Å². The maximum absolute atomic E-state index is 13.5. The lowest BCUT2D eigenvalue weighted by Crippen LogP contribution is -2.34. The van der Waals surface area contributed by atoms with E-state index in [2.05, 4.69) is 40.0 Å². The molecule has 2 aromatic carbocycles. The van der Waals surface area contributed by atoms with Crippen molar-refractivity contribution in [2.45, 2.75) is 76.7 Å². The average Bonchev–Trinajstić information content (AvgIpc) is 3.35.